The van der Waals surface area contributed by atoms with Crippen molar-refractivity contribution >= 4 is 17.7 Å². The van der Waals surface area contributed by atoms with Crippen molar-refractivity contribution in [1.29, 1.82) is 0 Å². The van der Waals surface area contributed by atoms with Gasteiger partial charge in [-0.3, -0.25) is 4.90 Å². The second-order valence-corrected chi connectivity index (χ2v) is 4.73. The number of para-hydroxylation sites is 1. The van der Waals surface area contributed by atoms with E-state index in [1.54, 1.807) is 24.3 Å². The fourth-order valence-corrected chi connectivity index (χ4v) is 1.91. The van der Waals surface area contributed by atoms with Crippen LogP contribution in [0.2, 0.25) is 5.02 Å². The minimum Gasteiger partial charge on any atom is -0.409 e. The third-order valence-electron chi connectivity index (χ3n) is 2.87. The van der Waals surface area contributed by atoms with Crippen LogP contribution in [0.5, 0.6) is 5.75 Å². The van der Waals surface area contributed by atoms with E-state index in [0.717, 1.165) is 12.8 Å². The normalized spacial score (nSPS) is 16.2. The van der Waals surface area contributed by atoms with Gasteiger partial charge in [0.1, 0.15) is 6.23 Å². The van der Waals surface area contributed by atoms with Gasteiger partial charge in [-0.25, -0.2) is 4.79 Å². The number of nitrogens with zero attached hydrogens (tertiary/aromatic N) is 1. The molecule has 0 aromatic heterocycles. The number of hydrogen-bond donors (Lipinski definition) is 1. The molecule has 5 heteroatoms. The summed E-state index contributed by atoms with van der Waals surface area (Å²) in [7, 11) is 0. The van der Waals surface area contributed by atoms with Crippen LogP contribution in [-0.4, -0.2) is 28.4 Å². The number of rotatable bonds is 4. The van der Waals surface area contributed by atoms with Gasteiger partial charge in [-0.05, 0) is 31.4 Å². The van der Waals surface area contributed by atoms with Crippen LogP contribution in [0.1, 0.15) is 26.2 Å². The maximum absolute atomic E-state index is 12.0. The third-order valence-corrected chi connectivity index (χ3v) is 3.18. The molecule has 1 aromatic rings. The first kappa shape index (κ1) is 13.2. The van der Waals surface area contributed by atoms with Gasteiger partial charge < -0.3 is 9.84 Å². The maximum Gasteiger partial charge on any atom is 0.417 e. The van der Waals surface area contributed by atoms with Gasteiger partial charge >= 0.3 is 6.09 Å². The fourth-order valence-electron chi connectivity index (χ4n) is 1.74. The molecule has 18 heavy (non-hydrogen) atoms. The molecule has 2 rings (SSSR count). The zero-order chi connectivity index (χ0) is 13.1. The summed E-state index contributed by atoms with van der Waals surface area (Å²) >= 11 is 5.92. The number of carbonyl (C=O) groups excluding carboxylic acids is 1. The van der Waals surface area contributed by atoms with E-state index in [-0.39, 0.29) is 6.04 Å². The van der Waals surface area contributed by atoms with E-state index in [1.807, 2.05) is 6.92 Å². The third kappa shape index (κ3) is 2.94. The quantitative estimate of drug-likeness (QED) is 0.855. The second-order valence-electron chi connectivity index (χ2n) is 4.33. The summed E-state index contributed by atoms with van der Waals surface area (Å²) in [6, 6.07) is 6.88. The SMILES string of the molecule is CCC(O)N(C(=O)Oc1ccccc1Cl)C1CC1. The van der Waals surface area contributed by atoms with Crippen LogP contribution in [0.3, 0.4) is 0 Å². The summed E-state index contributed by atoms with van der Waals surface area (Å²) in [5, 5.41) is 10.2. The van der Waals surface area contributed by atoms with Gasteiger partial charge in [0.25, 0.3) is 0 Å². The summed E-state index contributed by atoms with van der Waals surface area (Å²) in [5.74, 6) is 0.318. The molecule has 1 amide bonds. The first-order valence-corrected chi connectivity index (χ1v) is 6.44. The number of aliphatic hydroxyl groups excluding tert-OH is 1. The lowest BCUT2D eigenvalue weighted by atomic mass is 10.3. The molecule has 1 fully saturated rings. The average Bonchev–Trinajstić information content (AvgIpc) is 3.16. The Morgan fingerprint density at radius 1 is 1.56 bits per heavy atom. The van der Waals surface area contributed by atoms with Crippen molar-refractivity contribution in [3.05, 3.63) is 29.3 Å². The molecule has 1 unspecified atom stereocenters. The van der Waals surface area contributed by atoms with Crippen molar-refractivity contribution < 1.29 is 14.6 Å². The van der Waals surface area contributed by atoms with E-state index in [1.165, 1.54) is 4.90 Å². The topological polar surface area (TPSA) is 49.8 Å². The number of benzene rings is 1. The second kappa shape index (κ2) is 5.59. The zero-order valence-corrected chi connectivity index (χ0v) is 10.9. The van der Waals surface area contributed by atoms with Crippen LogP contribution >= 0.6 is 11.6 Å². The largest absolute Gasteiger partial charge is 0.417 e. The standard InChI is InChI=1S/C13H16ClNO3/c1-2-12(16)15(9-7-8-9)13(17)18-11-6-4-3-5-10(11)14/h3-6,9,12,16H,2,7-8H2,1H3. The highest BCUT2D eigenvalue weighted by molar-refractivity contribution is 6.32. The molecule has 0 saturated heterocycles. The molecule has 0 heterocycles. The Kier molecular flexibility index (Phi) is 4.09. The van der Waals surface area contributed by atoms with Crippen LogP contribution in [0.15, 0.2) is 24.3 Å². The van der Waals surface area contributed by atoms with E-state index in [0.29, 0.717) is 17.2 Å². The molecule has 1 aliphatic rings. The van der Waals surface area contributed by atoms with Gasteiger partial charge in [-0.15, -0.1) is 0 Å². The minimum absolute atomic E-state index is 0.0925. The molecule has 0 spiro atoms. The van der Waals surface area contributed by atoms with Gasteiger partial charge in [0.2, 0.25) is 0 Å². The number of ether oxygens (including phenoxy) is 1. The summed E-state index contributed by atoms with van der Waals surface area (Å²) in [6.07, 6.45) is 0.963. The first-order chi connectivity index (χ1) is 8.63. The Hall–Kier alpha value is -1.26. The van der Waals surface area contributed by atoms with Crippen LogP contribution in [-0.2, 0) is 0 Å². The van der Waals surface area contributed by atoms with Crippen molar-refractivity contribution in [3.63, 3.8) is 0 Å². The van der Waals surface area contributed by atoms with E-state index in [9.17, 15) is 9.90 Å². The van der Waals surface area contributed by atoms with Gasteiger partial charge in [0, 0.05) is 6.04 Å². The molecular formula is C13H16ClNO3. The Morgan fingerprint density at radius 3 is 2.78 bits per heavy atom. The van der Waals surface area contributed by atoms with Crippen molar-refractivity contribution in [2.24, 2.45) is 0 Å². The molecule has 1 aromatic carbocycles. The number of halogens is 1. The summed E-state index contributed by atoms with van der Waals surface area (Å²) in [6.45, 7) is 1.82. The number of aliphatic hydroxyl groups is 1. The highest BCUT2D eigenvalue weighted by Gasteiger charge is 2.37. The van der Waals surface area contributed by atoms with Crippen LogP contribution < -0.4 is 4.74 Å². The van der Waals surface area contributed by atoms with E-state index >= 15 is 0 Å². The monoisotopic (exact) mass is 269 g/mol. The molecule has 4 nitrogen and oxygen atoms in total. The molecule has 0 bridgehead atoms. The lowest BCUT2D eigenvalue weighted by molar-refractivity contribution is 0.00823. The molecule has 0 aliphatic heterocycles. The van der Waals surface area contributed by atoms with Crippen molar-refractivity contribution in [3.8, 4) is 5.75 Å². The van der Waals surface area contributed by atoms with Crippen molar-refractivity contribution in [2.45, 2.75) is 38.5 Å². The average molecular weight is 270 g/mol. The Morgan fingerprint density at radius 2 is 2.22 bits per heavy atom. The molecule has 1 atom stereocenters. The fraction of sp³-hybridized carbons (Fsp3) is 0.462. The predicted octanol–water partition coefficient (Wildman–Crippen LogP) is 3.03. The number of hydrogen-bond acceptors (Lipinski definition) is 3. The first-order valence-electron chi connectivity index (χ1n) is 6.06. The highest BCUT2D eigenvalue weighted by Crippen LogP contribution is 2.31. The Bertz CT molecular complexity index is 434. The molecule has 0 radical (unpaired) electrons. The molecular weight excluding hydrogens is 254 g/mol. The van der Waals surface area contributed by atoms with Gasteiger partial charge in [-0.1, -0.05) is 30.7 Å². The Labute approximate surface area is 111 Å². The number of carbonyl (C=O) groups is 1. The molecule has 98 valence electrons. The summed E-state index contributed by atoms with van der Waals surface area (Å²) in [4.78, 5) is 13.4. The molecule has 1 aliphatic carbocycles. The molecule has 1 N–H and O–H groups in total. The highest BCUT2D eigenvalue weighted by atomic mass is 35.5. The van der Waals surface area contributed by atoms with Gasteiger partial charge in [0.15, 0.2) is 5.75 Å². The van der Waals surface area contributed by atoms with Crippen molar-refractivity contribution in [2.75, 3.05) is 0 Å². The Balaban J connectivity index is 2.08. The lowest BCUT2D eigenvalue weighted by Crippen LogP contribution is -2.43. The van der Waals surface area contributed by atoms with Crippen molar-refractivity contribution in [1.82, 2.24) is 4.90 Å². The van der Waals surface area contributed by atoms with E-state index in [2.05, 4.69) is 0 Å². The van der Waals surface area contributed by atoms with Crippen LogP contribution in [0.4, 0.5) is 4.79 Å². The maximum atomic E-state index is 12.0. The van der Waals surface area contributed by atoms with Gasteiger partial charge in [0.05, 0.1) is 5.02 Å². The van der Waals surface area contributed by atoms with Crippen LogP contribution in [0, 0.1) is 0 Å². The summed E-state index contributed by atoms with van der Waals surface area (Å²) < 4.78 is 5.23. The smallest absolute Gasteiger partial charge is 0.409 e. The van der Waals surface area contributed by atoms with E-state index in [4.69, 9.17) is 16.3 Å². The zero-order valence-electron chi connectivity index (χ0n) is 10.2. The lowest BCUT2D eigenvalue weighted by Gasteiger charge is -2.26. The minimum atomic E-state index is -0.799. The number of amides is 1. The summed E-state index contributed by atoms with van der Waals surface area (Å²) in [5.41, 5.74) is 0. The van der Waals surface area contributed by atoms with Gasteiger partial charge in [-0.2, -0.15) is 0 Å². The predicted molar refractivity (Wildman–Crippen MR) is 68.6 cm³/mol. The van der Waals surface area contributed by atoms with Crippen LogP contribution in [0.25, 0.3) is 0 Å². The van der Waals surface area contributed by atoms with E-state index < -0.39 is 12.3 Å². The molecule has 1 saturated carbocycles.